The minimum absolute atomic E-state index is 0. The van der Waals surface area contributed by atoms with Crippen molar-refractivity contribution in [1.82, 2.24) is 25.0 Å². The van der Waals surface area contributed by atoms with Crippen LogP contribution >= 0.6 is 24.0 Å². The van der Waals surface area contributed by atoms with Crippen LogP contribution in [0.4, 0.5) is 0 Å². The molecule has 4 rings (SSSR count). The number of hydrogen-bond donors (Lipinski definition) is 1. The van der Waals surface area contributed by atoms with Crippen LogP contribution in [-0.2, 0) is 32.4 Å². The number of rotatable bonds is 4. The van der Waals surface area contributed by atoms with Crippen molar-refractivity contribution in [2.45, 2.75) is 58.0 Å². The summed E-state index contributed by atoms with van der Waals surface area (Å²) in [5.74, 6) is 3.33. The summed E-state index contributed by atoms with van der Waals surface area (Å²) in [6, 6.07) is 8.73. The van der Waals surface area contributed by atoms with Crippen LogP contribution in [0.25, 0.3) is 0 Å². The van der Waals surface area contributed by atoms with Gasteiger partial charge in [-0.3, -0.25) is 4.99 Å². The average Bonchev–Trinajstić information content (AvgIpc) is 2.94. The number of halogens is 1. The maximum atomic E-state index is 4.50. The lowest BCUT2D eigenvalue weighted by atomic mass is 10.0. The van der Waals surface area contributed by atoms with Gasteiger partial charge in [-0.15, -0.1) is 34.2 Å². The van der Waals surface area contributed by atoms with Crippen molar-refractivity contribution >= 4 is 29.9 Å². The van der Waals surface area contributed by atoms with Crippen LogP contribution in [0.2, 0.25) is 0 Å². The molecule has 1 aromatic carbocycles. The molecule has 0 saturated heterocycles. The highest BCUT2D eigenvalue weighted by molar-refractivity contribution is 14.0. The number of fused-ring (bicyclic) bond motifs is 2. The summed E-state index contributed by atoms with van der Waals surface area (Å²) in [6.45, 7) is 3.95. The number of nitrogens with zero attached hydrogens (tertiary/aromatic N) is 5. The second kappa shape index (κ2) is 10.2. The molecule has 1 aromatic heterocycles. The van der Waals surface area contributed by atoms with E-state index in [0.717, 1.165) is 63.6 Å². The molecule has 2 aromatic rings. The van der Waals surface area contributed by atoms with Crippen LogP contribution in [0.5, 0.6) is 0 Å². The van der Waals surface area contributed by atoms with Crippen LogP contribution in [0.15, 0.2) is 29.3 Å². The first kappa shape index (κ1) is 21.1. The van der Waals surface area contributed by atoms with Gasteiger partial charge in [-0.1, -0.05) is 30.7 Å². The van der Waals surface area contributed by atoms with E-state index in [1.54, 1.807) is 0 Å². The van der Waals surface area contributed by atoms with Crippen LogP contribution < -0.4 is 5.32 Å². The lowest BCUT2D eigenvalue weighted by Crippen LogP contribution is -2.44. The number of hydrogen-bond acceptors (Lipinski definition) is 3. The van der Waals surface area contributed by atoms with E-state index in [4.69, 9.17) is 0 Å². The molecule has 0 amide bonds. The molecule has 0 fully saturated rings. The Morgan fingerprint density at radius 3 is 2.79 bits per heavy atom. The molecule has 2 aliphatic heterocycles. The zero-order valence-electron chi connectivity index (χ0n) is 16.7. The van der Waals surface area contributed by atoms with E-state index in [1.807, 2.05) is 7.05 Å². The van der Waals surface area contributed by atoms with Gasteiger partial charge < -0.3 is 14.8 Å². The Kier molecular flexibility index (Phi) is 7.70. The summed E-state index contributed by atoms with van der Waals surface area (Å²) in [6.07, 6.45) is 7.98. The molecule has 7 heteroatoms. The van der Waals surface area contributed by atoms with Crippen LogP contribution in [0.1, 0.15) is 48.5 Å². The van der Waals surface area contributed by atoms with Gasteiger partial charge in [0.2, 0.25) is 0 Å². The molecule has 0 spiro atoms. The number of benzene rings is 1. The fraction of sp³-hybridized carbons (Fsp3) is 0.571. The third kappa shape index (κ3) is 4.85. The molecule has 152 valence electrons. The van der Waals surface area contributed by atoms with Gasteiger partial charge in [0.1, 0.15) is 11.6 Å². The number of guanidine groups is 1. The zero-order chi connectivity index (χ0) is 18.5. The lowest BCUT2D eigenvalue weighted by molar-refractivity contribution is 0.378. The first-order valence-corrected chi connectivity index (χ1v) is 10.3. The Morgan fingerprint density at radius 1 is 1.07 bits per heavy atom. The third-order valence-corrected chi connectivity index (χ3v) is 5.69. The highest BCUT2D eigenvalue weighted by Gasteiger charge is 2.19. The Morgan fingerprint density at radius 2 is 1.93 bits per heavy atom. The standard InChI is InChI=1S/C21H30N6.HI/c1-22-21(26-15-12-17-8-4-5-9-18(17)16-26)23-13-7-11-20-25-24-19-10-3-2-6-14-27(19)20;/h4-5,8-9H,2-3,6-7,10-16H2,1H3,(H,22,23);1H. The molecular formula is C21H31IN6. The van der Waals surface area contributed by atoms with Crippen molar-refractivity contribution < 1.29 is 0 Å². The Balaban J connectivity index is 0.00000225. The van der Waals surface area contributed by atoms with E-state index < -0.39 is 0 Å². The van der Waals surface area contributed by atoms with Gasteiger partial charge in [-0.05, 0) is 36.8 Å². The summed E-state index contributed by atoms with van der Waals surface area (Å²) >= 11 is 0. The number of aryl methyl sites for hydroxylation is 2. The normalized spacial score (nSPS) is 16.6. The molecule has 0 bridgehead atoms. The molecule has 0 saturated carbocycles. The molecule has 0 unspecified atom stereocenters. The first-order chi connectivity index (χ1) is 13.3. The van der Waals surface area contributed by atoms with Crippen LogP contribution in [0.3, 0.4) is 0 Å². The highest BCUT2D eigenvalue weighted by Crippen LogP contribution is 2.18. The second-order valence-corrected chi connectivity index (χ2v) is 7.51. The summed E-state index contributed by atoms with van der Waals surface area (Å²) in [5, 5.41) is 12.4. The van der Waals surface area contributed by atoms with E-state index in [1.165, 1.54) is 36.2 Å². The van der Waals surface area contributed by atoms with Crippen molar-refractivity contribution in [3.05, 3.63) is 47.0 Å². The predicted octanol–water partition coefficient (Wildman–Crippen LogP) is 3.19. The summed E-state index contributed by atoms with van der Waals surface area (Å²) in [7, 11) is 1.88. The molecule has 0 radical (unpaired) electrons. The largest absolute Gasteiger partial charge is 0.356 e. The smallest absolute Gasteiger partial charge is 0.193 e. The monoisotopic (exact) mass is 494 g/mol. The van der Waals surface area contributed by atoms with E-state index in [9.17, 15) is 0 Å². The first-order valence-electron chi connectivity index (χ1n) is 10.3. The van der Waals surface area contributed by atoms with Crippen molar-refractivity contribution in [1.29, 1.82) is 0 Å². The van der Waals surface area contributed by atoms with E-state index in [-0.39, 0.29) is 24.0 Å². The fourth-order valence-corrected chi connectivity index (χ4v) is 4.19. The average molecular weight is 494 g/mol. The summed E-state index contributed by atoms with van der Waals surface area (Å²) in [5.41, 5.74) is 2.88. The van der Waals surface area contributed by atoms with Crippen molar-refractivity contribution in [2.24, 2.45) is 4.99 Å². The maximum Gasteiger partial charge on any atom is 0.193 e. The molecule has 0 aliphatic carbocycles. The molecule has 1 N–H and O–H groups in total. The Labute approximate surface area is 184 Å². The molecule has 3 heterocycles. The zero-order valence-corrected chi connectivity index (χ0v) is 19.1. The van der Waals surface area contributed by atoms with Gasteiger partial charge >= 0.3 is 0 Å². The minimum Gasteiger partial charge on any atom is -0.356 e. The van der Waals surface area contributed by atoms with Gasteiger partial charge in [0.05, 0.1) is 0 Å². The molecule has 0 atom stereocenters. The van der Waals surface area contributed by atoms with Gasteiger partial charge in [0.15, 0.2) is 5.96 Å². The quantitative estimate of drug-likeness (QED) is 0.307. The van der Waals surface area contributed by atoms with E-state index in [0.29, 0.717) is 0 Å². The molecule has 6 nitrogen and oxygen atoms in total. The van der Waals surface area contributed by atoms with Crippen LogP contribution in [-0.4, -0.2) is 45.8 Å². The Hall–Kier alpha value is -1.64. The topological polar surface area (TPSA) is 58.3 Å². The maximum absolute atomic E-state index is 4.50. The van der Waals surface area contributed by atoms with Crippen molar-refractivity contribution in [2.75, 3.05) is 20.1 Å². The van der Waals surface area contributed by atoms with Crippen molar-refractivity contribution in [3.8, 4) is 0 Å². The molecule has 2 aliphatic rings. The van der Waals surface area contributed by atoms with E-state index >= 15 is 0 Å². The number of aromatic nitrogens is 3. The lowest BCUT2D eigenvalue weighted by Gasteiger charge is -2.31. The summed E-state index contributed by atoms with van der Waals surface area (Å²) < 4.78 is 2.35. The van der Waals surface area contributed by atoms with Gasteiger partial charge in [-0.25, -0.2) is 0 Å². The fourth-order valence-electron chi connectivity index (χ4n) is 4.19. The summed E-state index contributed by atoms with van der Waals surface area (Å²) in [4.78, 5) is 6.85. The van der Waals surface area contributed by atoms with Gasteiger partial charge in [0.25, 0.3) is 0 Å². The van der Waals surface area contributed by atoms with Gasteiger partial charge in [-0.2, -0.15) is 0 Å². The second-order valence-electron chi connectivity index (χ2n) is 7.51. The molecular weight excluding hydrogens is 463 g/mol. The highest BCUT2D eigenvalue weighted by atomic mass is 127. The number of nitrogens with one attached hydrogen (secondary N) is 1. The van der Waals surface area contributed by atoms with Crippen LogP contribution in [0, 0.1) is 0 Å². The SMILES string of the molecule is CN=C(NCCCc1nnc2n1CCCCC2)N1CCc2ccccc2C1.I. The Bertz CT molecular complexity index is 800. The molecule has 28 heavy (non-hydrogen) atoms. The van der Waals surface area contributed by atoms with Crippen molar-refractivity contribution in [3.63, 3.8) is 0 Å². The third-order valence-electron chi connectivity index (χ3n) is 5.69. The van der Waals surface area contributed by atoms with E-state index in [2.05, 4.69) is 54.2 Å². The minimum atomic E-state index is 0. The predicted molar refractivity (Wildman–Crippen MR) is 123 cm³/mol. The van der Waals surface area contributed by atoms with Gasteiger partial charge in [0, 0.05) is 46.1 Å². The number of aliphatic imine (C=N–C) groups is 1.